The molecule has 0 saturated heterocycles. The third kappa shape index (κ3) is 1.58. The molecule has 1 aliphatic rings. The van der Waals surface area contributed by atoms with Gasteiger partial charge in [0.2, 0.25) is 0 Å². The molecule has 0 aromatic carbocycles. The fourth-order valence-corrected chi connectivity index (χ4v) is 2.23. The molecule has 0 aromatic heterocycles. The predicted octanol–water partition coefficient (Wildman–Crippen LogP) is 2.69. The first-order valence-corrected chi connectivity index (χ1v) is 5.01. The molecule has 0 radical (unpaired) electrons. The van der Waals surface area contributed by atoms with Gasteiger partial charge < -0.3 is 5.73 Å². The third-order valence-corrected chi connectivity index (χ3v) is 3.44. The van der Waals surface area contributed by atoms with E-state index in [1.54, 1.807) is 0 Å². The van der Waals surface area contributed by atoms with Crippen LogP contribution in [-0.2, 0) is 0 Å². The van der Waals surface area contributed by atoms with Crippen LogP contribution in [0.3, 0.4) is 0 Å². The summed E-state index contributed by atoms with van der Waals surface area (Å²) in [6.45, 7) is 4.51. The van der Waals surface area contributed by atoms with Gasteiger partial charge in [-0.05, 0) is 31.1 Å². The minimum atomic E-state index is 0.478. The summed E-state index contributed by atoms with van der Waals surface area (Å²) in [6, 6.07) is 0.478. The Balaban J connectivity index is 2.40. The maximum Gasteiger partial charge on any atom is 0.00953 e. The van der Waals surface area contributed by atoms with E-state index in [1.165, 1.54) is 38.5 Å². The summed E-state index contributed by atoms with van der Waals surface area (Å²) in [6.07, 6.45) is 7.91. The molecule has 11 heavy (non-hydrogen) atoms. The van der Waals surface area contributed by atoms with Gasteiger partial charge in [0.15, 0.2) is 0 Å². The van der Waals surface area contributed by atoms with E-state index >= 15 is 0 Å². The van der Waals surface area contributed by atoms with E-state index in [0.29, 0.717) is 11.5 Å². The molecule has 0 amide bonds. The molecule has 1 aliphatic carbocycles. The van der Waals surface area contributed by atoms with Crippen LogP contribution in [0.5, 0.6) is 0 Å². The van der Waals surface area contributed by atoms with Gasteiger partial charge in [-0.1, -0.05) is 26.7 Å². The van der Waals surface area contributed by atoms with E-state index < -0.39 is 0 Å². The van der Waals surface area contributed by atoms with Crippen LogP contribution in [-0.4, -0.2) is 6.04 Å². The van der Waals surface area contributed by atoms with Crippen molar-refractivity contribution in [2.45, 2.75) is 58.4 Å². The predicted molar refractivity (Wildman–Crippen MR) is 49.5 cm³/mol. The lowest BCUT2D eigenvalue weighted by molar-refractivity contribution is 0.0835. The molecular formula is C10H21N. The van der Waals surface area contributed by atoms with Crippen molar-refractivity contribution in [1.29, 1.82) is 0 Å². The van der Waals surface area contributed by atoms with Crippen molar-refractivity contribution in [1.82, 2.24) is 0 Å². The van der Waals surface area contributed by atoms with Crippen molar-refractivity contribution in [3.8, 4) is 0 Å². The lowest BCUT2D eigenvalue weighted by atomic mass is 9.62. The molecule has 1 heteroatoms. The van der Waals surface area contributed by atoms with Crippen LogP contribution < -0.4 is 5.73 Å². The molecule has 1 atom stereocenters. The second-order valence-electron chi connectivity index (χ2n) is 3.96. The molecule has 0 spiro atoms. The SMILES string of the molecule is CCCC(N)C1(CC)CCC1. The Bertz CT molecular complexity index is 111. The Labute approximate surface area is 70.4 Å². The van der Waals surface area contributed by atoms with Crippen molar-refractivity contribution in [3.63, 3.8) is 0 Å². The number of hydrogen-bond acceptors (Lipinski definition) is 1. The van der Waals surface area contributed by atoms with Gasteiger partial charge in [0.1, 0.15) is 0 Å². The molecule has 1 unspecified atom stereocenters. The fourth-order valence-electron chi connectivity index (χ4n) is 2.23. The fraction of sp³-hybridized carbons (Fsp3) is 1.00. The summed E-state index contributed by atoms with van der Waals surface area (Å²) >= 11 is 0. The summed E-state index contributed by atoms with van der Waals surface area (Å²) < 4.78 is 0. The molecular weight excluding hydrogens is 134 g/mol. The van der Waals surface area contributed by atoms with Gasteiger partial charge >= 0.3 is 0 Å². The monoisotopic (exact) mass is 155 g/mol. The van der Waals surface area contributed by atoms with Gasteiger partial charge in [-0.3, -0.25) is 0 Å². The molecule has 0 bridgehead atoms. The van der Waals surface area contributed by atoms with Crippen molar-refractivity contribution >= 4 is 0 Å². The second kappa shape index (κ2) is 3.57. The molecule has 1 fully saturated rings. The minimum absolute atomic E-state index is 0.478. The highest BCUT2D eigenvalue weighted by Gasteiger charge is 2.39. The molecule has 1 rings (SSSR count). The zero-order chi connectivity index (χ0) is 8.32. The molecule has 2 N–H and O–H groups in total. The first-order valence-electron chi connectivity index (χ1n) is 5.01. The minimum Gasteiger partial charge on any atom is -0.327 e. The Kier molecular flexibility index (Phi) is 2.94. The largest absolute Gasteiger partial charge is 0.327 e. The zero-order valence-corrected chi connectivity index (χ0v) is 7.90. The molecule has 66 valence electrons. The molecule has 0 aliphatic heterocycles. The van der Waals surface area contributed by atoms with Gasteiger partial charge in [0.25, 0.3) is 0 Å². The lowest BCUT2D eigenvalue weighted by Crippen LogP contribution is -2.46. The van der Waals surface area contributed by atoms with E-state index in [9.17, 15) is 0 Å². The van der Waals surface area contributed by atoms with Crippen LogP contribution in [0.2, 0.25) is 0 Å². The van der Waals surface area contributed by atoms with Crippen molar-refractivity contribution < 1.29 is 0 Å². The van der Waals surface area contributed by atoms with Crippen molar-refractivity contribution in [3.05, 3.63) is 0 Å². The van der Waals surface area contributed by atoms with Gasteiger partial charge in [-0.2, -0.15) is 0 Å². The standard InChI is InChI=1S/C10H21N/c1-3-6-9(11)10(4-2)7-5-8-10/h9H,3-8,11H2,1-2H3. The van der Waals surface area contributed by atoms with Gasteiger partial charge in [0, 0.05) is 6.04 Å². The van der Waals surface area contributed by atoms with Crippen LogP contribution in [0.4, 0.5) is 0 Å². The smallest absolute Gasteiger partial charge is 0.00953 e. The second-order valence-corrected chi connectivity index (χ2v) is 3.96. The molecule has 0 aromatic rings. The summed E-state index contributed by atoms with van der Waals surface area (Å²) in [7, 11) is 0. The first-order chi connectivity index (χ1) is 5.25. The van der Waals surface area contributed by atoms with E-state index in [1.807, 2.05) is 0 Å². The average molecular weight is 155 g/mol. The lowest BCUT2D eigenvalue weighted by Gasteiger charge is -2.46. The third-order valence-electron chi connectivity index (χ3n) is 3.44. The summed E-state index contributed by atoms with van der Waals surface area (Å²) in [5.74, 6) is 0. The van der Waals surface area contributed by atoms with Crippen LogP contribution >= 0.6 is 0 Å². The van der Waals surface area contributed by atoms with Crippen LogP contribution in [0.25, 0.3) is 0 Å². The molecule has 1 saturated carbocycles. The van der Waals surface area contributed by atoms with E-state index in [-0.39, 0.29) is 0 Å². The molecule has 1 nitrogen and oxygen atoms in total. The topological polar surface area (TPSA) is 26.0 Å². The highest BCUT2D eigenvalue weighted by Crippen LogP contribution is 2.46. The van der Waals surface area contributed by atoms with E-state index in [0.717, 1.165) is 0 Å². The average Bonchev–Trinajstić information content (AvgIpc) is 1.87. The van der Waals surface area contributed by atoms with Gasteiger partial charge in [0.05, 0.1) is 0 Å². The van der Waals surface area contributed by atoms with Crippen molar-refractivity contribution in [2.75, 3.05) is 0 Å². The highest BCUT2D eigenvalue weighted by molar-refractivity contribution is 4.94. The number of nitrogens with two attached hydrogens (primary N) is 1. The van der Waals surface area contributed by atoms with Gasteiger partial charge in [-0.15, -0.1) is 0 Å². The first kappa shape index (κ1) is 9.05. The van der Waals surface area contributed by atoms with Crippen LogP contribution in [0.15, 0.2) is 0 Å². The Hall–Kier alpha value is -0.0400. The Morgan fingerprint density at radius 3 is 2.27 bits per heavy atom. The molecule has 0 heterocycles. The Morgan fingerprint density at radius 2 is 2.00 bits per heavy atom. The van der Waals surface area contributed by atoms with Crippen LogP contribution in [0.1, 0.15) is 52.4 Å². The quantitative estimate of drug-likeness (QED) is 0.663. The normalized spacial score (nSPS) is 24.3. The summed E-state index contributed by atoms with van der Waals surface area (Å²) in [4.78, 5) is 0. The number of rotatable bonds is 4. The van der Waals surface area contributed by atoms with Crippen LogP contribution in [0, 0.1) is 5.41 Å². The maximum absolute atomic E-state index is 6.14. The summed E-state index contributed by atoms with van der Waals surface area (Å²) in [5.41, 5.74) is 6.69. The van der Waals surface area contributed by atoms with Crippen molar-refractivity contribution in [2.24, 2.45) is 11.1 Å². The highest BCUT2D eigenvalue weighted by atomic mass is 14.7. The summed E-state index contributed by atoms with van der Waals surface area (Å²) in [5, 5.41) is 0. The number of hydrogen-bond donors (Lipinski definition) is 1. The zero-order valence-electron chi connectivity index (χ0n) is 7.90. The maximum atomic E-state index is 6.14. The van der Waals surface area contributed by atoms with E-state index in [4.69, 9.17) is 5.73 Å². The Morgan fingerprint density at radius 1 is 1.36 bits per heavy atom. The van der Waals surface area contributed by atoms with Gasteiger partial charge in [-0.25, -0.2) is 0 Å². The van der Waals surface area contributed by atoms with E-state index in [2.05, 4.69) is 13.8 Å².